The van der Waals surface area contributed by atoms with Gasteiger partial charge in [-0.25, -0.2) is 9.18 Å². The van der Waals surface area contributed by atoms with E-state index in [0.717, 1.165) is 12.8 Å². The third-order valence-electron chi connectivity index (χ3n) is 3.55. The van der Waals surface area contributed by atoms with Crippen LogP contribution in [0.5, 0.6) is 0 Å². The van der Waals surface area contributed by atoms with Crippen LogP contribution in [0.3, 0.4) is 0 Å². The Morgan fingerprint density at radius 1 is 1.37 bits per heavy atom. The van der Waals surface area contributed by atoms with E-state index in [-0.39, 0.29) is 11.1 Å². The lowest BCUT2D eigenvalue weighted by Crippen LogP contribution is -2.48. The van der Waals surface area contributed by atoms with E-state index in [9.17, 15) is 14.0 Å². The van der Waals surface area contributed by atoms with Crippen molar-refractivity contribution in [1.82, 2.24) is 4.90 Å². The molecule has 0 spiro atoms. The van der Waals surface area contributed by atoms with Gasteiger partial charge in [-0.05, 0) is 43.9 Å². The summed E-state index contributed by atoms with van der Waals surface area (Å²) in [5, 5.41) is 9.16. The topological polar surface area (TPSA) is 57.6 Å². The molecule has 1 heterocycles. The number of piperidine rings is 1. The number of hydrogen-bond acceptors (Lipinski definition) is 2. The van der Waals surface area contributed by atoms with Gasteiger partial charge in [-0.2, -0.15) is 0 Å². The normalized spacial score (nSPS) is 19.3. The summed E-state index contributed by atoms with van der Waals surface area (Å²) in [5.74, 6) is -1.85. The van der Waals surface area contributed by atoms with Gasteiger partial charge >= 0.3 is 5.97 Å². The molecule has 1 fully saturated rings. The van der Waals surface area contributed by atoms with Crippen molar-refractivity contribution < 1.29 is 19.1 Å². The predicted molar refractivity (Wildman–Crippen MR) is 67.4 cm³/mol. The molecular formula is C14H16FNO3. The van der Waals surface area contributed by atoms with Gasteiger partial charge in [0.1, 0.15) is 11.9 Å². The Morgan fingerprint density at radius 3 is 2.79 bits per heavy atom. The number of hydrogen-bond donors (Lipinski definition) is 1. The van der Waals surface area contributed by atoms with Gasteiger partial charge in [-0.1, -0.05) is 6.07 Å². The lowest BCUT2D eigenvalue weighted by Gasteiger charge is -2.33. The van der Waals surface area contributed by atoms with E-state index in [0.29, 0.717) is 13.0 Å². The van der Waals surface area contributed by atoms with Crippen molar-refractivity contribution in [1.29, 1.82) is 0 Å². The number of likely N-dealkylation sites (tertiary alicyclic amines) is 1. The number of carbonyl (C=O) groups is 2. The van der Waals surface area contributed by atoms with Crippen LogP contribution in [0.2, 0.25) is 0 Å². The zero-order chi connectivity index (χ0) is 14.0. The van der Waals surface area contributed by atoms with Crippen LogP contribution in [0.1, 0.15) is 35.2 Å². The van der Waals surface area contributed by atoms with Gasteiger partial charge in [0.2, 0.25) is 0 Å². The van der Waals surface area contributed by atoms with Crippen LogP contribution in [0.4, 0.5) is 4.39 Å². The zero-order valence-electron chi connectivity index (χ0n) is 10.7. The molecule has 1 amide bonds. The molecule has 0 bridgehead atoms. The number of carbonyl (C=O) groups excluding carboxylic acids is 1. The highest BCUT2D eigenvalue weighted by Gasteiger charge is 2.33. The quantitative estimate of drug-likeness (QED) is 0.892. The average Bonchev–Trinajstić information content (AvgIpc) is 2.41. The molecule has 19 heavy (non-hydrogen) atoms. The highest BCUT2D eigenvalue weighted by atomic mass is 19.1. The molecule has 0 unspecified atom stereocenters. The average molecular weight is 265 g/mol. The second kappa shape index (κ2) is 5.38. The van der Waals surface area contributed by atoms with E-state index in [1.54, 1.807) is 0 Å². The first-order valence-electron chi connectivity index (χ1n) is 6.31. The summed E-state index contributed by atoms with van der Waals surface area (Å²) in [7, 11) is 0. The van der Waals surface area contributed by atoms with Crippen LogP contribution < -0.4 is 0 Å². The first-order chi connectivity index (χ1) is 9.02. The van der Waals surface area contributed by atoms with Crippen molar-refractivity contribution in [2.75, 3.05) is 6.54 Å². The molecule has 0 aliphatic carbocycles. The maximum absolute atomic E-state index is 13.5. The number of aliphatic carboxylic acids is 1. The predicted octanol–water partition coefficient (Wildman–Crippen LogP) is 2.21. The molecule has 102 valence electrons. The van der Waals surface area contributed by atoms with Gasteiger partial charge < -0.3 is 10.0 Å². The number of nitrogens with zero attached hydrogens (tertiary/aromatic N) is 1. The summed E-state index contributed by atoms with van der Waals surface area (Å²) in [6.45, 7) is 1.94. The van der Waals surface area contributed by atoms with E-state index in [4.69, 9.17) is 5.11 Å². The summed E-state index contributed by atoms with van der Waals surface area (Å²) in [6.07, 6.45) is 2.03. The van der Waals surface area contributed by atoms with E-state index >= 15 is 0 Å². The molecule has 1 aliphatic heterocycles. The minimum absolute atomic E-state index is 0.244. The number of rotatable bonds is 2. The number of carboxylic acids is 1. The molecule has 0 saturated carbocycles. The number of halogens is 1. The summed E-state index contributed by atoms with van der Waals surface area (Å²) >= 11 is 0. The van der Waals surface area contributed by atoms with Crippen LogP contribution in [-0.2, 0) is 4.79 Å². The molecule has 1 N–H and O–H groups in total. The number of carboxylic acid groups (broad SMARTS) is 1. The van der Waals surface area contributed by atoms with Crippen LogP contribution in [0.15, 0.2) is 18.2 Å². The second-order valence-corrected chi connectivity index (χ2v) is 4.76. The van der Waals surface area contributed by atoms with Crippen molar-refractivity contribution in [3.05, 3.63) is 35.1 Å². The van der Waals surface area contributed by atoms with Crippen molar-refractivity contribution >= 4 is 11.9 Å². The first-order valence-corrected chi connectivity index (χ1v) is 6.31. The molecule has 1 aliphatic rings. The molecular weight excluding hydrogens is 249 g/mol. The molecule has 1 saturated heterocycles. The highest BCUT2D eigenvalue weighted by molar-refractivity contribution is 5.98. The summed E-state index contributed by atoms with van der Waals surface area (Å²) < 4.78 is 13.5. The van der Waals surface area contributed by atoms with Crippen LogP contribution in [0.25, 0.3) is 0 Å². The molecule has 4 nitrogen and oxygen atoms in total. The molecule has 2 rings (SSSR count). The van der Waals surface area contributed by atoms with E-state index in [2.05, 4.69) is 0 Å². The van der Waals surface area contributed by atoms with Gasteiger partial charge in [0.15, 0.2) is 0 Å². The maximum Gasteiger partial charge on any atom is 0.326 e. The lowest BCUT2D eigenvalue weighted by molar-refractivity contribution is -0.143. The lowest BCUT2D eigenvalue weighted by atomic mass is 9.99. The Labute approximate surface area is 110 Å². The Hall–Kier alpha value is -1.91. The Kier molecular flexibility index (Phi) is 3.83. The molecule has 0 radical (unpaired) electrons. The van der Waals surface area contributed by atoms with Gasteiger partial charge in [0.25, 0.3) is 5.91 Å². The van der Waals surface area contributed by atoms with Crippen LogP contribution in [-0.4, -0.2) is 34.5 Å². The second-order valence-electron chi connectivity index (χ2n) is 4.76. The van der Waals surface area contributed by atoms with Crippen molar-refractivity contribution in [2.45, 2.75) is 32.2 Å². The summed E-state index contributed by atoms with van der Waals surface area (Å²) in [4.78, 5) is 24.9. The number of benzene rings is 1. The van der Waals surface area contributed by atoms with Gasteiger partial charge in [0, 0.05) is 12.1 Å². The highest BCUT2D eigenvalue weighted by Crippen LogP contribution is 2.22. The van der Waals surface area contributed by atoms with Crippen LogP contribution in [0, 0.1) is 12.7 Å². The largest absolute Gasteiger partial charge is 0.480 e. The first kappa shape index (κ1) is 13.5. The molecule has 1 aromatic rings. The molecule has 1 atom stereocenters. The minimum Gasteiger partial charge on any atom is -0.480 e. The smallest absolute Gasteiger partial charge is 0.326 e. The monoisotopic (exact) mass is 265 g/mol. The van der Waals surface area contributed by atoms with Gasteiger partial charge in [-0.3, -0.25) is 4.79 Å². The molecule has 0 aromatic heterocycles. The Bertz CT molecular complexity index is 515. The van der Waals surface area contributed by atoms with Crippen molar-refractivity contribution in [3.63, 3.8) is 0 Å². The Morgan fingerprint density at radius 2 is 2.11 bits per heavy atom. The zero-order valence-corrected chi connectivity index (χ0v) is 10.7. The SMILES string of the molecule is Cc1c(F)cccc1C(=O)N1CCCC[C@@H]1C(=O)O. The van der Waals surface area contributed by atoms with Gasteiger partial charge in [-0.15, -0.1) is 0 Å². The van der Waals surface area contributed by atoms with E-state index < -0.39 is 23.7 Å². The molecule has 5 heteroatoms. The maximum atomic E-state index is 13.5. The fourth-order valence-corrected chi connectivity index (χ4v) is 2.43. The van der Waals surface area contributed by atoms with Gasteiger partial charge in [0.05, 0.1) is 0 Å². The fourth-order valence-electron chi connectivity index (χ4n) is 2.43. The van der Waals surface area contributed by atoms with Crippen LogP contribution >= 0.6 is 0 Å². The molecule has 1 aromatic carbocycles. The van der Waals surface area contributed by atoms with E-state index in [1.807, 2.05) is 0 Å². The standard InChI is InChI=1S/C14H16FNO3/c1-9-10(5-4-6-11(9)15)13(17)16-8-3-2-7-12(16)14(18)19/h4-6,12H,2-3,7-8H2,1H3,(H,18,19)/t12-/m1/s1. The van der Waals surface area contributed by atoms with Crippen molar-refractivity contribution in [3.8, 4) is 0 Å². The third-order valence-corrected chi connectivity index (χ3v) is 3.55. The number of amides is 1. The summed E-state index contributed by atoms with van der Waals surface area (Å²) in [6, 6.07) is 3.49. The summed E-state index contributed by atoms with van der Waals surface area (Å²) in [5.41, 5.74) is 0.510. The Balaban J connectivity index is 2.31. The third kappa shape index (κ3) is 2.59. The van der Waals surface area contributed by atoms with Crippen molar-refractivity contribution in [2.24, 2.45) is 0 Å². The fraction of sp³-hybridized carbons (Fsp3) is 0.429. The van der Waals surface area contributed by atoms with E-state index in [1.165, 1.54) is 30.0 Å². The minimum atomic E-state index is -0.998.